The molecule has 6 nitrogen and oxygen atoms in total. The summed E-state index contributed by atoms with van der Waals surface area (Å²) in [6, 6.07) is 0. The fraction of sp³-hybridized carbons (Fsp3) is 0.684. The molecule has 0 aliphatic heterocycles. The smallest absolute Gasteiger partial charge is 0.305 e. The molecule has 6 heteroatoms. The summed E-state index contributed by atoms with van der Waals surface area (Å²) in [7, 11) is 0. The standard InChI is InChI=1S/C38H64O6/c1-3-5-6-7-8-9-10-16-19-22-25-28-31-37(41)43-33-36(40)34-44-38(42)32-29-26-23-20-17-14-12-11-13-15-18-21-24-27-30-35(39)4-2/h12-15,20-21,23-24,27,30,35-36,39-40H,3-11,16-19,22,25-26,28-29,31-34H2,1-2H3/b14-12-,15-13-,23-20-,24-21-,30-27+/t35-,36+/m0/s1. The first-order chi connectivity index (χ1) is 21.5. The maximum atomic E-state index is 11.9. The molecule has 0 radical (unpaired) electrons. The van der Waals surface area contributed by atoms with Crippen molar-refractivity contribution >= 4 is 11.9 Å². The highest BCUT2D eigenvalue weighted by atomic mass is 16.6. The van der Waals surface area contributed by atoms with E-state index in [4.69, 9.17) is 9.47 Å². The van der Waals surface area contributed by atoms with Crippen LogP contribution in [0.25, 0.3) is 0 Å². The Kier molecular flexibility index (Phi) is 31.6. The quantitative estimate of drug-likeness (QED) is 0.0361. The van der Waals surface area contributed by atoms with E-state index >= 15 is 0 Å². The van der Waals surface area contributed by atoms with Crippen molar-refractivity contribution in [3.8, 4) is 0 Å². The van der Waals surface area contributed by atoms with E-state index in [1.54, 1.807) is 6.08 Å². The van der Waals surface area contributed by atoms with Gasteiger partial charge in [-0.2, -0.15) is 0 Å². The molecule has 0 aromatic heterocycles. The largest absolute Gasteiger partial charge is 0.463 e. The van der Waals surface area contributed by atoms with Gasteiger partial charge in [-0.3, -0.25) is 9.59 Å². The van der Waals surface area contributed by atoms with Gasteiger partial charge < -0.3 is 19.7 Å². The Morgan fingerprint density at radius 3 is 1.55 bits per heavy atom. The van der Waals surface area contributed by atoms with Crippen LogP contribution in [-0.4, -0.2) is 47.6 Å². The number of esters is 2. The lowest BCUT2D eigenvalue weighted by Gasteiger charge is -2.12. The molecule has 0 unspecified atom stereocenters. The molecule has 0 aromatic carbocycles. The summed E-state index contributed by atoms with van der Waals surface area (Å²) in [5.41, 5.74) is 0. The van der Waals surface area contributed by atoms with E-state index < -0.39 is 6.10 Å². The van der Waals surface area contributed by atoms with E-state index in [-0.39, 0.29) is 31.3 Å². The summed E-state index contributed by atoms with van der Waals surface area (Å²) in [4.78, 5) is 23.8. The minimum atomic E-state index is -0.995. The lowest BCUT2D eigenvalue weighted by molar-refractivity contribution is -0.152. The molecule has 0 saturated heterocycles. The van der Waals surface area contributed by atoms with Gasteiger partial charge in [0.25, 0.3) is 0 Å². The minimum absolute atomic E-state index is 0.143. The van der Waals surface area contributed by atoms with Crippen molar-refractivity contribution in [3.63, 3.8) is 0 Å². The lowest BCUT2D eigenvalue weighted by Crippen LogP contribution is -2.25. The molecule has 0 bridgehead atoms. The van der Waals surface area contributed by atoms with Crippen molar-refractivity contribution in [3.05, 3.63) is 60.8 Å². The molecule has 44 heavy (non-hydrogen) atoms. The fourth-order valence-electron chi connectivity index (χ4n) is 4.37. The van der Waals surface area contributed by atoms with Crippen LogP contribution in [0.15, 0.2) is 60.8 Å². The average molecular weight is 617 g/mol. The molecule has 0 aliphatic rings. The predicted molar refractivity (Wildman–Crippen MR) is 183 cm³/mol. The second kappa shape index (κ2) is 33.5. The summed E-state index contributed by atoms with van der Waals surface area (Å²) in [6.07, 6.45) is 39.4. The molecular formula is C38H64O6. The van der Waals surface area contributed by atoms with E-state index in [9.17, 15) is 19.8 Å². The van der Waals surface area contributed by atoms with Crippen molar-refractivity contribution in [2.75, 3.05) is 13.2 Å². The summed E-state index contributed by atoms with van der Waals surface area (Å²) in [5.74, 6) is -0.654. The van der Waals surface area contributed by atoms with E-state index in [2.05, 4.69) is 49.5 Å². The minimum Gasteiger partial charge on any atom is -0.463 e. The number of carbonyl (C=O) groups excluding carboxylic acids is 2. The Morgan fingerprint density at radius 2 is 1.02 bits per heavy atom. The van der Waals surface area contributed by atoms with Crippen LogP contribution in [0.5, 0.6) is 0 Å². The first-order valence-electron chi connectivity index (χ1n) is 17.4. The number of aliphatic hydroxyl groups excluding tert-OH is 2. The number of hydrogen-bond acceptors (Lipinski definition) is 6. The lowest BCUT2D eigenvalue weighted by atomic mass is 10.0. The van der Waals surface area contributed by atoms with Crippen molar-refractivity contribution in [1.82, 2.24) is 0 Å². The zero-order chi connectivity index (χ0) is 32.4. The van der Waals surface area contributed by atoms with Gasteiger partial charge in [0.05, 0.1) is 6.10 Å². The molecule has 0 fully saturated rings. The highest BCUT2D eigenvalue weighted by Crippen LogP contribution is 2.12. The number of unbranched alkanes of at least 4 members (excludes halogenated alkanes) is 12. The fourth-order valence-corrected chi connectivity index (χ4v) is 4.37. The number of hydrogen-bond donors (Lipinski definition) is 2. The highest BCUT2D eigenvalue weighted by Gasteiger charge is 2.11. The van der Waals surface area contributed by atoms with Gasteiger partial charge in [0.2, 0.25) is 0 Å². The Hall–Kier alpha value is -2.44. The molecule has 2 atom stereocenters. The number of aliphatic hydroxyl groups is 2. The molecule has 0 aromatic rings. The Bertz CT molecular complexity index is 810. The van der Waals surface area contributed by atoms with Gasteiger partial charge in [0, 0.05) is 12.8 Å². The first-order valence-corrected chi connectivity index (χ1v) is 17.4. The number of ether oxygens (including phenoxy) is 2. The topological polar surface area (TPSA) is 93.1 Å². The summed E-state index contributed by atoms with van der Waals surface area (Å²) >= 11 is 0. The molecule has 2 N–H and O–H groups in total. The zero-order valence-electron chi connectivity index (χ0n) is 28.0. The van der Waals surface area contributed by atoms with Crippen molar-refractivity contribution < 1.29 is 29.3 Å². The highest BCUT2D eigenvalue weighted by molar-refractivity contribution is 5.69. The molecule has 0 spiro atoms. The third kappa shape index (κ3) is 32.5. The van der Waals surface area contributed by atoms with Gasteiger partial charge in [-0.05, 0) is 44.9 Å². The molecule has 0 heterocycles. The van der Waals surface area contributed by atoms with Gasteiger partial charge in [-0.1, -0.05) is 145 Å². The van der Waals surface area contributed by atoms with Crippen LogP contribution >= 0.6 is 0 Å². The van der Waals surface area contributed by atoms with E-state index in [0.717, 1.165) is 51.4 Å². The van der Waals surface area contributed by atoms with Crippen molar-refractivity contribution in [1.29, 1.82) is 0 Å². The number of rotatable bonds is 30. The van der Waals surface area contributed by atoms with Gasteiger partial charge >= 0.3 is 11.9 Å². The third-order valence-corrected chi connectivity index (χ3v) is 7.17. The summed E-state index contributed by atoms with van der Waals surface area (Å²) in [6.45, 7) is 3.90. The molecule has 252 valence electrons. The Morgan fingerprint density at radius 1 is 0.568 bits per heavy atom. The second-order valence-corrected chi connectivity index (χ2v) is 11.5. The van der Waals surface area contributed by atoms with E-state index in [0.29, 0.717) is 19.3 Å². The average Bonchev–Trinajstić information content (AvgIpc) is 3.02. The van der Waals surface area contributed by atoms with Crippen molar-refractivity contribution in [2.24, 2.45) is 0 Å². The van der Waals surface area contributed by atoms with Crippen LogP contribution in [0.2, 0.25) is 0 Å². The zero-order valence-corrected chi connectivity index (χ0v) is 28.0. The predicted octanol–water partition coefficient (Wildman–Crippen LogP) is 9.42. The molecule has 0 amide bonds. The second-order valence-electron chi connectivity index (χ2n) is 11.5. The number of carbonyl (C=O) groups is 2. The van der Waals surface area contributed by atoms with Crippen LogP contribution < -0.4 is 0 Å². The van der Waals surface area contributed by atoms with Gasteiger partial charge in [0.1, 0.15) is 19.3 Å². The van der Waals surface area contributed by atoms with Crippen molar-refractivity contribution in [2.45, 2.75) is 154 Å². The maximum Gasteiger partial charge on any atom is 0.305 e. The normalized spacial score (nSPS) is 13.6. The summed E-state index contributed by atoms with van der Waals surface area (Å²) in [5, 5.41) is 19.4. The third-order valence-electron chi connectivity index (χ3n) is 7.17. The van der Waals surface area contributed by atoms with Crippen LogP contribution in [-0.2, 0) is 19.1 Å². The van der Waals surface area contributed by atoms with Crippen LogP contribution in [0.3, 0.4) is 0 Å². The molecule has 0 rings (SSSR count). The Balaban J connectivity index is 3.61. The molecular weight excluding hydrogens is 552 g/mol. The van der Waals surface area contributed by atoms with Crippen LogP contribution in [0.4, 0.5) is 0 Å². The van der Waals surface area contributed by atoms with Crippen LogP contribution in [0, 0.1) is 0 Å². The molecule has 0 aliphatic carbocycles. The van der Waals surface area contributed by atoms with E-state index in [1.165, 1.54) is 57.8 Å². The Labute approximate surface area is 269 Å². The van der Waals surface area contributed by atoms with Gasteiger partial charge in [-0.25, -0.2) is 0 Å². The molecule has 0 saturated carbocycles. The number of allylic oxidation sites excluding steroid dienone is 9. The van der Waals surface area contributed by atoms with Gasteiger partial charge in [0.15, 0.2) is 0 Å². The first kappa shape index (κ1) is 41.6. The van der Waals surface area contributed by atoms with Crippen LogP contribution in [0.1, 0.15) is 142 Å². The maximum absolute atomic E-state index is 11.9. The van der Waals surface area contributed by atoms with Gasteiger partial charge in [-0.15, -0.1) is 0 Å². The SMILES string of the molecule is CCCCCCCCCCCCCCC(=O)OC[C@@H](O)COC(=O)CCC/C=C\C/C=C\C/C=C\C/C=C\C=C\[C@@H](O)CC. The summed E-state index contributed by atoms with van der Waals surface area (Å²) < 4.78 is 10.2. The monoisotopic (exact) mass is 616 g/mol. The van der Waals surface area contributed by atoms with E-state index in [1.807, 2.05) is 19.1 Å².